The van der Waals surface area contributed by atoms with E-state index >= 15 is 0 Å². The Bertz CT molecular complexity index is 507. The number of ether oxygens (including phenoxy) is 1. The van der Waals surface area contributed by atoms with E-state index in [9.17, 15) is 5.11 Å². The molecule has 4 heteroatoms. The lowest BCUT2D eigenvalue weighted by molar-refractivity contribution is 0.190. The van der Waals surface area contributed by atoms with Crippen molar-refractivity contribution in [1.29, 1.82) is 0 Å². The summed E-state index contributed by atoms with van der Waals surface area (Å²) in [5.41, 5.74) is 1.98. The van der Waals surface area contributed by atoms with E-state index in [1.807, 2.05) is 35.9 Å². The van der Waals surface area contributed by atoms with Crippen molar-refractivity contribution in [3.05, 3.63) is 48.0 Å². The maximum absolute atomic E-state index is 9.74. The molecule has 19 heavy (non-hydrogen) atoms. The smallest absolute Gasteiger partial charge is 0.125 e. The molecule has 0 saturated carbocycles. The number of aliphatic hydroxyl groups excluding tert-OH is 1. The van der Waals surface area contributed by atoms with E-state index in [0.29, 0.717) is 6.61 Å². The number of rotatable bonds is 6. The van der Waals surface area contributed by atoms with Crippen LogP contribution in [0.2, 0.25) is 0 Å². The highest BCUT2D eigenvalue weighted by Crippen LogP contribution is 2.26. The zero-order valence-electron chi connectivity index (χ0n) is 11.4. The average Bonchev–Trinajstić information content (AvgIpc) is 2.89. The van der Waals surface area contributed by atoms with Crippen LogP contribution < -0.4 is 4.74 Å². The fraction of sp³-hybridized carbons (Fsp3) is 0.400. The van der Waals surface area contributed by atoms with Gasteiger partial charge in [-0.1, -0.05) is 11.6 Å². The first-order chi connectivity index (χ1) is 9.16. The van der Waals surface area contributed by atoms with Gasteiger partial charge in [-0.3, -0.25) is 0 Å². The fourth-order valence-corrected chi connectivity index (χ4v) is 1.97. The second kappa shape index (κ2) is 6.38. The van der Waals surface area contributed by atoms with Crippen LogP contribution in [0, 0.1) is 6.92 Å². The molecule has 0 aliphatic rings. The SMILES string of the molecule is Cc1ccc(OCCCn2ccnc2)c([C@@H](C)O)c1. The number of hydrogen-bond acceptors (Lipinski definition) is 3. The minimum absolute atomic E-state index is 0.511. The van der Waals surface area contributed by atoms with Crippen molar-refractivity contribution in [3.8, 4) is 5.75 Å². The molecule has 1 atom stereocenters. The molecule has 0 saturated heterocycles. The van der Waals surface area contributed by atoms with E-state index in [1.54, 1.807) is 19.4 Å². The monoisotopic (exact) mass is 260 g/mol. The Balaban J connectivity index is 1.88. The third-order valence-electron chi connectivity index (χ3n) is 2.99. The van der Waals surface area contributed by atoms with Gasteiger partial charge in [-0.15, -0.1) is 0 Å². The summed E-state index contributed by atoms with van der Waals surface area (Å²) in [6.07, 6.45) is 5.90. The molecule has 0 radical (unpaired) electrons. The number of benzene rings is 1. The van der Waals surface area contributed by atoms with E-state index in [1.165, 1.54) is 0 Å². The molecule has 2 rings (SSSR count). The molecular formula is C15H20N2O2. The Labute approximate surface area is 113 Å². The summed E-state index contributed by atoms with van der Waals surface area (Å²) in [6.45, 7) is 5.28. The van der Waals surface area contributed by atoms with Crippen LogP contribution in [-0.4, -0.2) is 21.3 Å². The lowest BCUT2D eigenvalue weighted by atomic mass is 10.1. The van der Waals surface area contributed by atoms with Crippen LogP contribution in [0.25, 0.3) is 0 Å². The van der Waals surface area contributed by atoms with Gasteiger partial charge in [0.2, 0.25) is 0 Å². The molecule has 1 N–H and O–H groups in total. The molecule has 0 spiro atoms. The standard InChI is InChI=1S/C15H20N2O2/c1-12-4-5-15(14(10-12)13(2)18)19-9-3-7-17-8-6-16-11-17/h4-6,8,10-11,13,18H,3,7,9H2,1-2H3/t13-/m1/s1. The minimum Gasteiger partial charge on any atom is -0.493 e. The summed E-state index contributed by atoms with van der Waals surface area (Å²) in [5.74, 6) is 0.770. The number of nitrogens with zero attached hydrogens (tertiary/aromatic N) is 2. The Kier molecular flexibility index (Phi) is 4.58. The van der Waals surface area contributed by atoms with Crippen molar-refractivity contribution in [2.75, 3.05) is 6.61 Å². The maximum Gasteiger partial charge on any atom is 0.125 e. The Morgan fingerprint density at radius 1 is 1.42 bits per heavy atom. The van der Waals surface area contributed by atoms with Gasteiger partial charge in [0.25, 0.3) is 0 Å². The Morgan fingerprint density at radius 2 is 2.26 bits per heavy atom. The van der Waals surface area contributed by atoms with Gasteiger partial charge in [0.15, 0.2) is 0 Å². The molecule has 0 aliphatic heterocycles. The number of aliphatic hydroxyl groups is 1. The third-order valence-corrected chi connectivity index (χ3v) is 2.99. The summed E-state index contributed by atoms with van der Waals surface area (Å²) < 4.78 is 7.78. The maximum atomic E-state index is 9.74. The van der Waals surface area contributed by atoms with E-state index in [2.05, 4.69) is 4.98 Å². The lowest BCUT2D eigenvalue weighted by Crippen LogP contribution is -2.05. The molecule has 2 aromatic rings. The molecule has 102 valence electrons. The van der Waals surface area contributed by atoms with Crippen molar-refractivity contribution < 1.29 is 9.84 Å². The lowest BCUT2D eigenvalue weighted by Gasteiger charge is -2.14. The minimum atomic E-state index is -0.511. The molecule has 4 nitrogen and oxygen atoms in total. The highest BCUT2D eigenvalue weighted by molar-refractivity contribution is 5.38. The van der Waals surface area contributed by atoms with Gasteiger partial charge in [-0.05, 0) is 32.4 Å². The van der Waals surface area contributed by atoms with Crippen molar-refractivity contribution in [1.82, 2.24) is 9.55 Å². The number of aryl methyl sites for hydroxylation is 2. The number of imidazole rings is 1. The van der Waals surface area contributed by atoms with E-state index in [0.717, 1.165) is 29.8 Å². The summed E-state index contributed by atoms with van der Waals surface area (Å²) in [5, 5.41) is 9.74. The van der Waals surface area contributed by atoms with Crippen molar-refractivity contribution in [2.24, 2.45) is 0 Å². The van der Waals surface area contributed by atoms with Crippen molar-refractivity contribution in [2.45, 2.75) is 32.9 Å². The molecule has 0 unspecified atom stereocenters. The second-order valence-corrected chi connectivity index (χ2v) is 4.72. The number of hydrogen-bond donors (Lipinski definition) is 1. The van der Waals surface area contributed by atoms with Crippen LogP contribution in [0.5, 0.6) is 5.75 Å². The summed E-state index contributed by atoms with van der Waals surface area (Å²) in [7, 11) is 0. The average molecular weight is 260 g/mol. The normalized spacial score (nSPS) is 12.4. The molecule has 0 aliphatic carbocycles. The molecule has 0 bridgehead atoms. The zero-order valence-corrected chi connectivity index (χ0v) is 11.4. The molecule has 0 fully saturated rings. The Hall–Kier alpha value is -1.81. The molecular weight excluding hydrogens is 240 g/mol. The molecule has 0 amide bonds. The topological polar surface area (TPSA) is 47.3 Å². The van der Waals surface area contributed by atoms with Crippen LogP contribution in [0.1, 0.15) is 30.6 Å². The Morgan fingerprint density at radius 3 is 2.95 bits per heavy atom. The van der Waals surface area contributed by atoms with Crippen LogP contribution in [0.4, 0.5) is 0 Å². The van der Waals surface area contributed by atoms with Gasteiger partial charge in [-0.2, -0.15) is 0 Å². The van der Waals surface area contributed by atoms with Crippen LogP contribution in [-0.2, 0) is 6.54 Å². The predicted molar refractivity (Wildman–Crippen MR) is 74.2 cm³/mol. The van der Waals surface area contributed by atoms with Gasteiger partial charge in [-0.25, -0.2) is 4.98 Å². The molecule has 1 heterocycles. The second-order valence-electron chi connectivity index (χ2n) is 4.72. The van der Waals surface area contributed by atoms with E-state index < -0.39 is 6.10 Å². The first-order valence-electron chi connectivity index (χ1n) is 6.54. The zero-order chi connectivity index (χ0) is 13.7. The van der Waals surface area contributed by atoms with E-state index in [4.69, 9.17) is 4.74 Å². The van der Waals surface area contributed by atoms with Crippen LogP contribution >= 0.6 is 0 Å². The first kappa shape index (κ1) is 13.6. The van der Waals surface area contributed by atoms with E-state index in [-0.39, 0.29) is 0 Å². The molecule has 1 aromatic heterocycles. The molecule has 1 aromatic carbocycles. The van der Waals surface area contributed by atoms with Crippen molar-refractivity contribution >= 4 is 0 Å². The predicted octanol–water partition coefficient (Wildman–Crippen LogP) is 2.71. The highest BCUT2D eigenvalue weighted by atomic mass is 16.5. The van der Waals surface area contributed by atoms with Crippen molar-refractivity contribution in [3.63, 3.8) is 0 Å². The summed E-state index contributed by atoms with van der Waals surface area (Å²) >= 11 is 0. The summed E-state index contributed by atoms with van der Waals surface area (Å²) in [4.78, 5) is 4.00. The quantitative estimate of drug-likeness (QED) is 0.812. The number of aromatic nitrogens is 2. The van der Waals surface area contributed by atoms with Crippen LogP contribution in [0.15, 0.2) is 36.9 Å². The fourth-order valence-electron chi connectivity index (χ4n) is 1.97. The van der Waals surface area contributed by atoms with Gasteiger partial charge >= 0.3 is 0 Å². The summed E-state index contributed by atoms with van der Waals surface area (Å²) in [6, 6.07) is 5.89. The largest absolute Gasteiger partial charge is 0.493 e. The highest BCUT2D eigenvalue weighted by Gasteiger charge is 2.09. The van der Waals surface area contributed by atoms with Gasteiger partial charge in [0.05, 0.1) is 19.0 Å². The third kappa shape index (κ3) is 3.83. The van der Waals surface area contributed by atoms with Gasteiger partial charge in [0.1, 0.15) is 5.75 Å². The first-order valence-corrected chi connectivity index (χ1v) is 6.54. The van der Waals surface area contributed by atoms with Gasteiger partial charge in [0, 0.05) is 24.5 Å². The van der Waals surface area contributed by atoms with Gasteiger partial charge < -0.3 is 14.4 Å². The van der Waals surface area contributed by atoms with Crippen LogP contribution in [0.3, 0.4) is 0 Å².